The number of hydrogen-bond acceptors (Lipinski definition) is 3. The van der Waals surface area contributed by atoms with Gasteiger partial charge in [0.1, 0.15) is 0 Å². The molecule has 3 nitrogen and oxygen atoms in total. The molecule has 1 atom stereocenters. The fourth-order valence-corrected chi connectivity index (χ4v) is 2.64. The van der Waals surface area contributed by atoms with Crippen molar-refractivity contribution in [3.05, 3.63) is 42.1 Å². The standard InChI is InChI=1S/C16H18N2O/c19-16(15-7-3-4-10-17-15)11-13-9-8-12-5-1-2-6-14(12)18-13/h1-2,5-6,8-9,15,17H,3-4,7,10-11H2. The highest BCUT2D eigenvalue weighted by Crippen LogP contribution is 2.14. The topological polar surface area (TPSA) is 42.0 Å². The molecule has 98 valence electrons. The maximum atomic E-state index is 12.2. The van der Waals surface area contributed by atoms with Crippen molar-refractivity contribution in [2.45, 2.75) is 31.7 Å². The fraction of sp³-hybridized carbons (Fsp3) is 0.375. The molecule has 0 bridgehead atoms. The predicted molar refractivity (Wildman–Crippen MR) is 76.1 cm³/mol. The summed E-state index contributed by atoms with van der Waals surface area (Å²) in [5.41, 5.74) is 1.83. The lowest BCUT2D eigenvalue weighted by Gasteiger charge is -2.22. The number of piperidine rings is 1. The largest absolute Gasteiger partial charge is 0.307 e. The van der Waals surface area contributed by atoms with Gasteiger partial charge in [0, 0.05) is 11.1 Å². The van der Waals surface area contributed by atoms with Crippen LogP contribution in [-0.2, 0) is 11.2 Å². The Kier molecular flexibility index (Phi) is 3.56. The number of rotatable bonds is 3. The van der Waals surface area contributed by atoms with Crippen LogP contribution in [0.1, 0.15) is 25.0 Å². The van der Waals surface area contributed by atoms with E-state index in [9.17, 15) is 4.79 Å². The van der Waals surface area contributed by atoms with Crippen LogP contribution in [0.25, 0.3) is 10.9 Å². The van der Waals surface area contributed by atoms with E-state index in [0.717, 1.165) is 36.0 Å². The maximum absolute atomic E-state index is 12.2. The lowest BCUT2D eigenvalue weighted by Crippen LogP contribution is -2.41. The van der Waals surface area contributed by atoms with Crippen LogP contribution < -0.4 is 5.32 Å². The molecule has 1 saturated heterocycles. The van der Waals surface area contributed by atoms with E-state index in [1.54, 1.807) is 0 Å². The molecule has 1 aliphatic rings. The summed E-state index contributed by atoms with van der Waals surface area (Å²) in [6.45, 7) is 0.960. The fourth-order valence-electron chi connectivity index (χ4n) is 2.64. The molecule has 1 aliphatic heterocycles. The van der Waals surface area contributed by atoms with E-state index in [4.69, 9.17) is 0 Å². The Labute approximate surface area is 113 Å². The number of benzene rings is 1. The lowest BCUT2D eigenvalue weighted by molar-refractivity contribution is -0.121. The van der Waals surface area contributed by atoms with E-state index in [-0.39, 0.29) is 11.8 Å². The Balaban J connectivity index is 1.75. The zero-order valence-electron chi connectivity index (χ0n) is 10.9. The van der Waals surface area contributed by atoms with Gasteiger partial charge in [-0.25, -0.2) is 0 Å². The summed E-state index contributed by atoms with van der Waals surface area (Å²) in [5.74, 6) is 0.266. The third-order valence-corrected chi connectivity index (χ3v) is 3.71. The number of carbonyl (C=O) groups excluding carboxylic acids is 1. The van der Waals surface area contributed by atoms with Gasteiger partial charge in [-0.2, -0.15) is 0 Å². The van der Waals surface area contributed by atoms with Gasteiger partial charge in [0.2, 0.25) is 0 Å². The van der Waals surface area contributed by atoms with Crippen molar-refractivity contribution >= 4 is 16.7 Å². The van der Waals surface area contributed by atoms with Crippen LogP contribution in [0.5, 0.6) is 0 Å². The number of hydrogen-bond donors (Lipinski definition) is 1. The van der Waals surface area contributed by atoms with Gasteiger partial charge in [-0.3, -0.25) is 9.78 Å². The predicted octanol–water partition coefficient (Wildman–Crippen LogP) is 2.49. The third kappa shape index (κ3) is 2.82. The first kappa shape index (κ1) is 12.3. The van der Waals surface area contributed by atoms with Gasteiger partial charge in [-0.15, -0.1) is 0 Å². The van der Waals surface area contributed by atoms with Gasteiger partial charge < -0.3 is 5.32 Å². The van der Waals surface area contributed by atoms with Crippen molar-refractivity contribution < 1.29 is 4.79 Å². The molecule has 0 aliphatic carbocycles. The van der Waals surface area contributed by atoms with E-state index < -0.39 is 0 Å². The molecule has 3 rings (SSSR count). The van der Waals surface area contributed by atoms with Crippen molar-refractivity contribution in [1.82, 2.24) is 10.3 Å². The zero-order chi connectivity index (χ0) is 13.1. The Morgan fingerprint density at radius 3 is 2.95 bits per heavy atom. The van der Waals surface area contributed by atoms with Crippen molar-refractivity contribution in [1.29, 1.82) is 0 Å². The molecule has 1 N–H and O–H groups in total. The molecule has 1 aromatic carbocycles. The first-order chi connectivity index (χ1) is 9.33. The molecule has 2 aromatic rings. The number of aromatic nitrogens is 1. The minimum absolute atomic E-state index is 0.0296. The van der Waals surface area contributed by atoms with E-state index in [2.05, 4.69) is 10.3 Å². The summed E-state index contributed by atoms with van der Waals surface area (Å²) in [5, 5.41) is 4.42. The number of fused-ring (bicyclic) bond motifs is 1. The molecule has 1 aromatic heterocycles. The summed E-state index contributed by atoms with van der Waals surface area (Å²) in [6, 6.07) is 12.0. The normalized spacial score (nSPS) is 19.5. The molecule has 0 amide bonds. The number of para-hydroxylation sites is 1. The first-order valence-electron chi connectivity index (χ1n) is 6.94. The Bertz CT molecular complexity index is 588. The monoisotopic (exact) mass is 254 g/mol. The molecule has 1 fully saturated rings. The van der Waals surface area contributed by atoms with Gasteiger partial charge in [0.15, 0.2) is 5.78 Å². The van der Waals surface area contributed by atoms with E-state index in [1.165, 1.54) is 6.42 Å². The Morgan fingerprint density at radius 2 is 2.11 bits per heavy atom. The minimum Gasteiger partial charge on any atom is -0.307 e. The van der Waals surface area contributed by atoms with Crippen LogP contribution in [-0.4, -0.2) is 23.4 Å². The molecule has 19 heavy (non-hydrogen) atoms. The second kappa shape index (κ2) is 5.49. The van der Waals surface area contributed by atoms with Gasteiger partial charge in [0.25, 0.3) is 0 Å². The molecule has 0 saturated carbocycles. The highest BCUT2D eigenvalue weighted by atomic mass is 16.1. The highest BCUT2D eigenvalue weighted by Gasteiger charge is 2.20. The van der Waals surface area contributed by atoms with Crippen LogP contribution in [0.3, 0.4) is 0 Å². The van der Waals surface area contributed by atoms with Gasteiger partial charge in [0.05, 0.1) is 18.0 Å². The Morgan fingerprint density at radius 1 is 1.21 bits per heavy atom. The second-order valence-corrected chi connectivity index (χ2v) is 5.14. The van der Waals surface area contributed by atoms with Crippen molar-refractivity contribution in [3.8, 4) is 0 Å². The van der Waals surface area contributed by atoms with Crippen LogP contribution in [0.2, 0.25) is 0 Å². The van der Waals surface area contributed by atoms with Gasteiger partial charge in [-0.05, 0) is 31.5 Å². The van der Waals surface area contributed by atoms with E-state index >= 15 is 0 Å². The zero-order valence-corrected chi connectivity index (χ0v) is 10.9. The molecular formula is C16H18N2O. The summed E-state index contributed by atoms with van der Waals surface area (Å²) < 4.78 is 0. The van der Waals surface area contributed by atoms with Crippen molar-refractivity contribution in [2.24, 2.45) is 0 Å². The molecule has 0 spiro atoms. The quantitative estimate of drug-likeness (QED) is 0.915. The van der Waals surface area contributed by atoms with E-state index in [0.29, 0.717) is 6.42 Å². The number of nitrogens with zero attached hydrogens (tertiary/aromatic N) is 1. The number of ketones is 1. The number of pyridine rings is 1. The van der Waals surface area contributed by atoms with Crippen LogP contribution in [0.15, 0.2) is 36.4 Å². The number of carbonyl (C=O) groups is 1. The molecular weight excluding hydrogens is 236 g/mol. The smallest absolute Gasteiger partial charge is 0.155 e. The van der Waals surface area contributed by atoms with Crippen molar-refractivity contribution in [2.75, 3.05) is 6.54 Å². The van der Waals surface area contributed by atoms with E-state index in [1.807, 2.05) is 36.4 Å². The molecule has 1 unspecified atom stereocenters. The van der Waals surface area contributed by atoms with Crippen molar-refractivity contribution in [3.63, 3.8) is 0 Å². The number of Topliss-reactive ketones (excluding diaryl/α,β-unsaturated/α-hetero) is 1. The number of nitrogens with one attached hydrogen (secondary N) is 1. The summed E-state index contributed by atoms with van der Waals surface area (Å²) in [6.07, 6.45) is 3.72. The second-order valence-electron chi connectivity index (χ2n) is 5.14. The van der Waals surface area contributed by atoms with Crippen LogP contribution >= 0.6 is 0 Å². The molecule has 3 heteroatoms. The summed E-state index contributed by atoms with van der Waals surface area (Å²) in [7, 11) is 0. The van der Waals surface area contributed by atoms with Gasteiger partial charge >= 0.3 is 0 Å². The summed E-state index contributed by atoms with van der Waals surface area (Å²) >= 11 is 0. The van der Waals surface area contributed by atoms with Gasteiger partial charge in [-0.1, -0.05) is 30.7 Å². The minimum atomic E-state index is 0.0296. The third-order valence-electron chi connectivity index (χ3n) is 3.71. The average Bonchev–Trinajstić information content (AvgIpc) is 2.48. The highest BCUT2D eigenvalue weighted by molar-refractivity contribution is 5.86. The molecule has 2 heterocycles. The first-order valence-corrected chi connectivity index (χ1v) is 6.94. The maximum Gasteiger partial charge on any atom is 0.155 e. The average molecular weight is 254 g/mol. The Hall–Kier alpha value is -1.74. The van der Waals surface area contributed by atoms with Crippen LogP contribution in [0, 0.1) is 0 Å². The summed E-state index contributed by atoms with van der Waals surface area (Å²) in [4.78, 5) is 16.8. The SMILES string of the molecule is O=C(Cc1ccc2ccccc2n1)C1CCCCN1. The molecule has 0 radical (unpaired) electrons. The van der Waals surface area contributed by atoms with Crippen LogP contribution in [0.4, 0.5) is 0 Å². The lowest BCUT2D eigenvalue weighted by atomic mass is 9.98.